The second-order valence-electron chi connectivity index (χ2n) is 16.4. The fourth-order valence-electron chi connectivity index (χ4n) is 7.53. The van der Waals surface area contributed by atoms with Gasteiger partial charge in [0.15, 0.2) is 11.9 Å². The number of para-hydroxylation sites is 1. The zero-order valence-electron chi connectivity index (χ0n) is 37.8. The van der Waals surface area contributed by atoms with Crippen LogP contribution < -0.4 is 49.9 Å². The van der Waals surface area contributed by atoms with Gasteiger partial charge >= 0.3 is 28.9 Å². The van der Waals surface area contributed by atoms with Gasteiger partial charge in [-0.05, 0) is 55.7 Å². The van der Waals surface area contributed by atoms with Crippen molar-refractivity contribution in [2.75, 3.05) is 13.1 Å². The van der Waals surface area contributed by atoms with Crippen LogP contribution in [0.15, 0.2) is 70.8 Å². The Balaban J connectivity index is 0.00000107. The molecule has 0 bridgehead atoms. The van der Waals surface area contributed by atoms with E-state index < -0.39 is 59.9 Å². The number of H-pyrrole nitrogens is 1. The number of carboxylic acid groups (broad SMARTS) is 1. The second-order valence-corrected chi connectivity index (χ2v) is 16.4. The van der Waals surface area contributed by atoms with Gasteiger partial charge < -0.3 is 60.0 Å². The molecule has 3 aromatic rings. The van der Waals surface area contributed by atoms with Crippen molar-refractivity contribution in [2.45, 2.75) is 127 Å². The van der Waals surface area contributed by atoms with Gasteiger partial charge in [0.05, 0.1) is 0 Å². The summed E-state index contributed by atoms with van der Waals surface area (Å²) in [5.74, 6) is -6.12. The third kappa shape index (κ3) is 21.5. The molecule has 375 valence electrons. The maximum absolute atomic E-state index is 14.1. The molecule has 1 heterocycles. The van der Waals surface area contributed by atoms with E-state index in [2.05, 4.69) is 36.2 Å². The predicted octanol–water partition coefficient (Wildman–Crippen LogP) is 2.26. The zero-order chi connectivity index (χ0) is 49.4. The Kier molecular flexibility index (Phi) is 25.6. The zero-order valence-corrected chi connectivity index (χ0v) is 38.9. The first kappa shape index (κ1) is 57.8. The Labute approximate surface area is 403 Å². The first-order valence-electron chi connectivity index (χ1n) is 22.4. The van der Waals surface area contributed by atoms with Gasteiger partial charge in [-0.15, -0.1) is 0 Å². The normalized spacial score (nSPS) is 14.9. The van der Waals surface area contributed by atoms with Crippen molar-refractivity contribution in [1.82, 2.24) is 26.3 Å². The number of hydrogen-bond acceptors (Lipinski definition) is 8. The van der Waals surface area contributed by atoms with Crippen LogP contribution in [0.4, 0.5) is 13.2 Å². The van der Waals surface area contributed by atoms with Crippen LogP contribution in [0.5, 0.6) is 0 Å². The average molecular weight is 1000 g/mol. The molecule has 19 nitrogen and oxygen atoms in total. The number of rotatable bonds is 21. The molecule has 2 aromatic carbocycles. The number of aliphatic imine (C=N–C) groups is 2. The number of aromatic nitrogens is 1. The Morgan fingerprint density at radius 1 is 0.647 bits per heavy atom. The Bertz CT molecular complexity index is 2120. The van der Waals surface area contributed by atoms with E-state index in [0.29, 0.717) is 6.42 Å². The quantitative estimate of drug-likeness (QED) is 0.0418. The van der Waals surface area contributed by atoms with E-state index in [1.54, 1.807) is 30.5 Å². The van der Waals surface area contributed by atoms with Crippen molar-refractivity contribution >= 4 is 58.3 Å². The molecule has 23 heteroatoms. The molecule has 68 heavy (non-hydrogen) atoms. The molecule has 2 aliphatic rings. The fraction of sp³-hybridized carbons (Fsp3) is 0.511. The number of aromatic amines is 1. The number of alkyl halides is 3. The van der Waals surface area contributed by atoms with Gasteiger partial charge in [-0.2, -0.15) is 13.2 Å². The Hall–Kier alpha value is -6.36. The molecule has 2 aliphatic carbocycles. The number of guanidine groups is 2. The van der Waals surface area contributed by atoms with E-state index >= 15 is 0 Å². The summed E-state index contributed by atoms with van der Waals surface area (Å²) in [4.78, 5) is 87.8. The third-order valence-electron chi connectivity index (χ3n) is 11.0. The molecule has 1 aromatic heterocycles. The van der Waals surface area contributed by atoms with Crippen LogP contribution in [-0.2, 0) is 58.4 Å². The summed E-state index contributed by atoms with van der Waals surface area (Å²) in [6, 6.07) is 12.2. The first-order valence-corrected chi connectivity index (χ1v) is 22.4. The minimum absolute atomic E-state index is 0. The number of nitrogens with one attached hydrogen (secondary N) is 5. The van der Waals surface area contributed by atoms with Crippen LogP contribution in [0.2, 0.25) is 0 Å². The number of carboxylic acids is 1. The number of amides is 5. The number of carbonyl (C=O) groups excluding carboxylic acids is 5. The fourth-order valence-corrected chi connectivity index (χ4v) is 7.53. The largest absolute Gasteiger partial charge is 2.00 e. The smallest absolute Gasteiger partial charge is 0.475 e. The molecule has 2 fully saturated rings. The van der Waals surface area contributed by atoms with E-state index in [0.717, 1.165) is 47.7 Å². The molecule has 0 unspecified atom stereocenters. The number of primary amides is 1. The van der Waals surface area contributed by atoms with Gasteiger partial charge in [0.25, 0.3) is 0 Å². The molecule has 1 radical (unpaired) electrons. The molecule has 0 aliphatic heterocycles. The third-order valence-corrected chi connectivity index (χ3v) is 11.0. The Morgan fingerprint density at radius 3 is 1.57 bits per heavy atom. The molecular weight excluding hydrogens is 936 g/mol. The van der Waals surface area contributed by atoms with Gasteiger partial charge in [0, 0.05) is 48.9 Å². The van der Waals surface area contributed by atoms with Gasteiger partial charge in [-0.25, -0.2) is 4.79 Å². The van der Waals surface area contributed by atoms with Crippen LogP contribution in [-0.4, -0.2) is 101 Å². The van der Waals surface area contributed by atoms with Crippen molar-refractivity contribution in [1.29, 1.82) is 0 Å². The standard InChI is InChI=1S/C38H54N12O5.C5H10.C2HF3O2.Co/c39-32(51)30(20-23-10-2-1-3-11-23)49-35(54)29(17-9-19-45-38(42)43)47-34(53)28(16-8-18-44-37(40)41)48-36(55)31(50-33(52)24-12-4-5-13-24)21-25-22-46-27-15-7-6-14-26(25)27;1-2-4-5-3-1;3-2(4,5)1(6)7;/h1-3,6-7,10-11,14-15,22,24,28-31,46H,4-5,8-9,12-13,16-21H2,(H2,39,51)(H,47,53)(H,48,55)(H,49,54)(H,50,52)(H4,40,41,44)(H4,42,43,45);1-5H2;(H,6,7);/q;;;+2/t28-,29-,30-,31-;;;/m0.../s1. The number of benzene rings is 2. The maximum Gasteiger partial charge on any atom is 2.00 e. The summed E-state index contributed by atoms with van der Waals surface area (Å²) in [6.45, 7) is 0.335. The topological polar surface area (TPSA) is 341 Å². The van der Waals surface area contributed by atoms with E-state index in [9.17, 15) is 37.1 Å². The maximum atomic E-state index is 14.1. The summed E-state index contributed by atoms with van der Waals surface area (Å²) in [5, 5.41) is 19.2. The van der Waals surface area contributed by atoms with E-state index in [1.807, 2.05) is 30.3 Å². The van der Waals surface area contributed by atoms with Crippen molar-refractivity contribution in [2.24, 2.45) is 44.6 Å². The van der Waals surface area contributed by atoms with Gasteiger partial charge in [0.2, 0.25) is 29.5 Å². The summed E-state index contributed by atoms with van der Waals surface area (Å²) in [5.41, 5.74) is 30.1. The molecule has 0 spiro atoms. The van der Waals surface area contributed by atoms with Gasteiger partial charge in [-0.1, -0.05) is 93.5 Å². The van der Waals surface area contributed by atoms with Crippen LogP contribution in [0, 0.1) is 5.92 Å². The molecule has 5 rings (SSSR count). The predicted molar refractivity (Wildman–Crippen MR) is 248 cm³/mol. The van der Waals surface area contributed by atoms with Crippen LogP contribution in [0.3, 0.4) is 0 Å². The number of carbonyl (C=O) groups is 6. The van der Waals surface area contributed by atoms with Crippen LogP contribution in [0.25, 0.3) is 10.9 Å². The van der Waals surface area contributed by atoms with E-state index in [1.165, 1.54) is 32.1 Å². The molecule has 4 atom stereocenters. The molecule has 5 amide bonds. The number of fused-ring (bicyclic) bond motifs is 1. The van der Waals surface area contributed by atoms with Crippen molar-refractivity contribution in [3.8, 4) is 0 Å². The Morgan fingerprint density at radius 2 is 1.10 bits per heavy atom. The second kappa shape index (κ2) is 30.1. The molecular formula is C45H65CoF3N12O7+2. The number of nitrogens with two attached hydrogens (primary N) is 5. The summed E-state index contributed by atoms with van der Waals surface area (Å²) < 4.78 is 31.7. The summed E-state index contributed by atoms with van der Waals surface area (Å²) >= 11 is 0. The van der Waals surface area contributed by atoms with E-state index in [4.69, 9.17) is 38.6 Å². The first-order chi connectivity index (χ1) is 31.8. The molecule has 0 saturated heterocycles. The van der Waals surface area contributed by atoms with Crippen molar-refractivity contribution < 1.29 is 63.8 Å². The van der Waals surface area contributed by atoms with Gasteiger partial charge in [-0.3, -0.25) is 34.0 Å². The SMILES string of the molecule is C1CCCC1.NC(=O)[C@H](Cc1ccccc1)NC(=O)[C@H](CCCN=C(N)N)NC(=O)[C@H](CCCN=C(N)N)NC(=O)[C@H](Cc1c[nH]c2ccccc12)NC(=O)C1CCCC1.O=C(O)C(F)(F)F.[Co+2]. The molecule has 16 N–H and O–H groups in total. The number of nitrogens with zero attached hydrogens (tertiary/aromatic N) is 2. The molecule has 2 saturated carbocycles. The minimum atomic E-state index is -5.08. The number of aliphatic carboxylic acids is 1. The average Bonchev–Trinajstić information content (AvgIpc) is 4.11. The van der Waals surface area contributed by atoms with Crippen molar-refractivity contribution in [3.05, 3.63) is 71.9 Å². The summed E-state index contributed by atoms with van der Waals surface area (Å²) in [7, 11) is 0. The minimum Gasteiger partial charge on any atom is -0.475 e. The number of hydrogen-bond donors (Lipinski definition) is 11. The monoisotopic (exact) mass is 1000 g/mol. The van der Waals surface area contributed by atoms with Crippen LogP contribution in [0.1, 0.15) is 94.6 Å². The number of halogens is 3. The van der Waals surface area contributed by atoms with Gasteiger partial charge in [0.1, 0.15) is 24.2 Å². The van der Waals surface area contributed by atoms with Crippen LogP contribution >= 0.6 is 0 Å². The summed E-state index contributed by atoms with van der Waals surface area (Å²) in [6.07, 6.45) is 8.59. The van der Waals surface area contributed by atoms with Crippen molar-refractivity contribution in [3.63, 3.8) is 0 Å². The van der Waals surface area contributed by atoms with E-state index in [-0.39, 0.29) is 85.7 Å².